The Balaban J connectivity index is 2.65. The van der Waals surface area contributed by atoms with Crippen LogP contribution in [0.2, 0.25) is 0 Å². The van der Waals surface area contributed by atoms with Gasteiger partial charge in [0, 0.05) is 17.8 Å². The van der Waals surface area contributed by atoms with E-state index >= 15 is 0 Å². The molecule has 0 aliphatic carbocycles. The maximum Gasteiger partial charge on any atom is 0.251 e. The van der Waals surface area contributed by atoms with Crippen molar-refractivity contribution in [3.05, 3.63) is 52.4 Å². The summed E-state index contributed by atoms with van der Waals surface area (Å²) in [6.07, 6.45) is 1.42. The van der Waals surface area contributed by atoms with Crippen molar-refractivity contribution < 1.29 is 0 Å². The second kappa shape index (κ2) is 3.76. The number of rotatable bonds is 1. The number of benzene rings is 1. The van der Waals surface area contributed by atoms with Crippen LogP contribution in [0.25, 0.3) is 11.4 Å². The molecule has 0 bridgehead atoms. The summed E-state index contributed by atoms with van der Waals surface area (Å²) in [7, 11) is 0. The van der Waals surface area contributed by atoms with Gasteiger partial charge in [0.2, 0.25) is 0 Å². The van der Waals surface area contributed by atoms with E-state index in [0.29, 0.717) is 17.0 Å². The minimum Gasteiger partial charge on any atom is -0.306 e. The zero-order valence-electron chi connectivity index (χ0n) is 7.77. The molecule has 0 spiro atoms. The first kappa shape index (κ1) is 9.16. The van der Waals surface area contributed by atoms with Gasteiger partial charge in [-0.2, -0.15) is 5.26 Å². The topological polar surface area (TPSA) is 69.5 Å². The standard InChI is InChI=1S/C11H7N3O/c12-7-8-3-1-2-4-9(8)11-13-6-5-10(15)14-11/h1-6H,(H,13,14,15). The fourth-order valence-corrected chi connectivity index (χ4v) is 1.29. The molecule has 72 valence electrons. The van der Waals surface area contributed by atoms with Gasteiger partial charge in [0.15, 0.2) is 0 Å². The van der Waals surface area contributed by atoms with Crippen LogP contribution in [-0.2, 0) is 0 Å². The van der Waals surface area contributed by atoms with E-state index in [4.69, 9.17) is 5.26 Å². The lowest BCUT2D eigenvalue weighted by molar-refractivity contribution is 1.13. The molecule has 0 radical (unpaired) electrons. The molecule has 1 aromatic heterocycles. The molecule has 0 atom stereocenters. The first-order valence-electron chi connectivity index (χ1n) is 4.36. The molecule has 2 rings (SSSR count). The Kier molecular flexibility index (Phi) is 2.30. The quantitative estimate of drug-likeness (QED) is 0.749. The summed E-state index contributed by atoms with van der Waals surface area (Å²) in [5.41, 5.74) is 0.900. The largest absolute Gasteiger partial charge is 0.306 e. The summed E-state index contributed by atoms with van der Waals surface area (Å²) in [4.78, 5) is 17.7. The Labute approximate surface area is 85.8 Å². The van der Waals surface area contributed by atoms with E-state index in [-0.39, 0.29) is 5.56 Å². The van der Waals surface area contributed by atoms with Crippen molar-refractivity contribution in [2.24, 2.45) is 0 Å². The third-order valence-corrected chi connectivity index (χ3v) is 1.97. The lowest BCUT2D eigenvalue weighted by atomic mass is 10.1. The van der Waals surface area contributed by atoms with Gasteiger partial charge in [-0.25, -0.2) is 4.98 Å². The van der Waals surface area contributed by atoms with E-state index in [1.54, 1.807) is 24.3 Å². The maximum absolute atomic E-state index is 11.1. The molecule has 0 unspecified atom stereocenters. The van der Waals surface area contributed by atoms with Crippen LogP contribution in [-0.4, -0.2) is 9.97 Å². The van der Waals surface area contributed by atoms with Crippen LogP contribution in [0.1, 0.15) is 5.56 Å². The van der Waals surface area contributed by atoms with Gasteiger partial charge in [-0.3, -0.25) is 4.79 Å². The fourth-order valence-electron chi connectivity index (χ4n) is 1.29. The number of nitrogens with zero attached hydrogens (tertiary/aromatic N) is 2. The highest BCUT2D eigenvalue weighted by Gasteiger charge is 2.04. The number of aromatic nitrogens is 2. The summed E-state index contributed by atoms with van der Waals surface area (Å²) in [6.45, 7) is 0. The minimum absolute atomic E-state index is 0.229. The molecule has 1 N–H and O–H groups in total. The van der Waals surface area contributed by atoms with E-state index in [2.05, 4.69) is 16.0 Å². The van der Waals surface area contributed by atoms with Crippen LogP contribution in [0.3, 0.4) is 0 Å². The highest BCUT2D eigenvalue weighted by molar-refractivity contribution is 5.63. The highest BCUT2D eigenvalue weighted by Crippen LogP contribution is 2.17. The predicted octanol–water partition coefficient (Wildman–Crippen LogP) is 1.31. The number of nitriles is 1. The molecule has 1 heterocycles. The van der Waals surface area contributed by atoms with Crippen molar-refractivity contribution in [3.8, 4) is 17.5 Å². The molecule has 4 nitrogen and oxygen atoms in total. The summed E-state index contributed by atoms with van der Waals surface area (Å²) >= 11 is 0. The molecule has 4 heteroatoms. The van der Waals surface area contributed by atoms with Crippen LogP contribution in [0, 0.1) is 11.3 Å². The average molecular weight is 197 g/mol. The number of hydrogen-bond acceptors (Lipinski definition) is 3. The van der Waals surface area contributed by atoms with Crippen LogP contribution < -0.4 is 5.56 Å². The van der Waals surface area contributed by atoms with Crippen molar-refractivity contribution in [1.29, 1.82) is 5.26 Å². The average Bonchev–Trinajstić information content (AvgIpc) is 2.29. The summed E-state index contributed by atoms with van der Waals surface area (Å²) in [6, 6.07) is 10.4. The monoisotopic (exact) mass is 197 g/mol. The van der Waals surface area contributed by atoms with Crippen molar-refractivity contribution in [3.63, 3.8) is 0 Å². The van der Waals surface area contributed by atoms with Crippen LogP contribution >= 0.6 is 0 Å². The lowest BCUT2D eigenvalue weighted by Gasteiger charge is -2.01. The molecule has 0 fully saturated rings. The highest BCUT2D eigenvalue weighted by atomic mass is 16.1. The number of nitrogens with one attached hydrogen (secondary N) is 1. The number of aromatic amines is 1. The Hall–Kier alpha value is -2.41. The van der Waals surface area contributed by atoms with Gasteiger partial charge in [0.25, 0.3) is 5.56 Å². The number of H-pyrrole nitrogens is 1. The van der Waals surface area contributed by atoms with Gasteiger partial charge in [-0.1, -0.05) is 12.1 Å². The Morgan fingerprint density at radius 1 is 1.27 bits per heavy atom. The Bertz CT molecular complexity index is 581. The molecule has 1 aromatic carbocycles. The van der Waals surface area contributed by atoms with Crippen molar-refractivity contribution in [2.75, 3.05) is 0 Å². The van der Waals surface area contributed by atoms with Crippen molar-refractivity contribution in [1.82, 2.24) is 9.97 Å². The van der Waals surface area contributed by atoms with Crippen LogP contribution in [0.5, 0.6) is 0 Å². The van der Waals surface area contributed by atoms with E-state index in [1.807, 2.05) is 0 Å². The summed E-state index contributed by atoms with van der Waals surface area (Å²) in [5, 5.41) is 8.88. The first-order chi connectivity index (χ1) is 7.31. The molecule has 0 aliphatic heterocycles. The second-order valence-corrected chi connectivity index (χ2v) is 2.94. The minimum atomic E-state index is -0.229. The molecular weight excluding hydrogens is 190 g/mol. The summed E-state index contributed by atoms with van der Waals surface area (Å²) < 4.78 is 0. The Morgan fingerprint density at radius 3 is 2.80 bits per heavy atom. The van der Waals surface area contributed by atoms with Gasteiger partial charge < -0.3 is 4.98 Å². The molecule has 0 aliphatic rings. The predicted molar refractivity (Wildman–Crippen MR) is 55.0 cm³/mol. The first-order valence-corrected chi connectivity index (χ1v) is 4.36. The molecule has 0 saturated carbocycles. The summed E-state index contributed by atoms with van der Waals surface area (Å²) in [5.74, 6) is 0.416. The molecule has 0 amide bonds. The molecule has 0 saturated heterocycles. The third kappa shape index (κ3) is 1.76. The van der Waals surface area contributed by atoms with Gasteiger partial charge >= 0.3 is 0 Å². The number of hydrogen-bond donors (Lipinski definition) is 1. The molecule has 2 aromatic rings. The molecule has 15 heavy (non-hydrogen) atoms. The SMILES string of the molecule is N#Cc1ccccc1-c1nccc(=O)[nH]1. The van der Waals surface area contributed by atoms with Gasteiger partial charge in [0.05, 0.1) is 11.6 Å². The van der Waals surface area contributed by atoms with Crippen molar-refractivity contribution in [2.45, 2.75) is 0 Å². The van der Waals surface area contributed by atoms with Crippen molar-refractivity contribution >= 4 is 0 Å². The fraction of sp³-hybridized carbons (Fsp3) is 0. The van der Waals surface area contributed by atoms with Gasteiger partial charge in [0.1, 0.15) is 5.82 Å². The van der Waals surface area contributed by atoms with E-state index < -0.39 is 0 Å². The zero-order valence-corrected chi connectivity index (χ0v) is 7.77. The lowest BCUT2D eigenvalue weighted by Crippen LogP contribution is -2.06. The zero-order chi connectivity index (χ0) is 10.7. The van der Waals surface area contributed by atoms with E-state index in [1.165, 1.54) is 12.3 Å². The van der Waals surface area contributed by atoms with Crippen LogP contribution in [0.15, 0.2) is 41.3 Å². The van der Waals surface area contributed by atoms with Gasteiger partial charge in [-0.15, -0.1) is 0 Å². The van der Waals surface area contributed by atoms with Gasteiger partial charge in [-0.05, 0) is 12.1 Å². The van der Waals surface area contributed by atoms with Crippen LogP contribution in [0.4, 0.5) is 0 Å². The Morgan fingerprint density at radius 2 is 2.07 bits per heavy atom. The van der Waals surface area contributed by atoms with E-state index in [9.17, 15) is 4.79 Å². The molecular formula is C11H7N3O. The smallest absolute Gasteiger partial charge is 0.251 e. The maximum atomic E-state index is 11.1. The van der Waals surface area contributed by atoms with E-state index in [0.717, 1.165) is 0 Å². The third-order valence-electron chi connectivity index (χ3n) is 1.97. The second-order valence-electron chi connectivity index (χ2n) is 2.94. The normalized spacial score (nSPS) is 9.53.